The highest BCUT2D eigenvalue weighted by Gasteiger charge is 2.67. The monoisotopic (exact) mass is 669 g/mol. The molecule has 0 radical (unpaired) electrons. The minimum atomic E-state index is -4.98. The summed E-state index contributed by atoms with van der Waals surface area (Å²) in [6.45, 7) is 5.24. The molecule has 212 valence electrons. The quantitative estimate of drug-likeness (QED) is 0.181. The average molecular weight is 672 g/mol. The Balaban J connectivity index is 1.88. The van der Waals surface area contributed by atoms with E-state index in [4.69, 9.17) is 39.5 Å². The summed E-state index contributed by atoms with van der Waals surface area (Å²) < 4.78 is 65.9. The first-order valence-corrected chi connectivity index (χ1v) is 14.5. The number of aliphatic imine (C=N–C) groups is 1. The first kappa shape index (κ1) is 30.6. The van der Waals surface area contributed by atoms with Crippen LogP contribution in [0.4, 0.5) is 17.6 Å². The molecule has 0 bridgehead atoms. The molecule has 0 aromatic heterocycles. The lowest BCUT2D eigenvalue weighted by Crippen LogP contribution is -2.54. The lowest BCUT2D eigenvalue weighted by molar-refractivity contribution is -0.204. The van der Waals surface area contributed by atoms with Crippen molar-refractivity contribution in [2.75, 3.05) is 6.54 Å². The zero-order valence-corrected chi connectivity index (χ0v) is 25.2. The number of benzene rings is 2. The number of alkyl halides is 3. The fraction of sp³-hybridized carbons (Fsp3) is 0.500. The van der Waals surface area contributed by atoms with E-state index in [1.807, 2.05) is 20.8 Å². The van der Waals surface area contributed by atoms with Gasteiger partial charge in [-0.1, -0.05) is 68.1 Å². The minimum absolute atomic E-state index is 0.00612. The van der Waals surface area contributed by atoms with E-state index >= 15 is 13.2 Å². The minimum Gasteiger partial charge on any atom is -0.462 e. The molecule has 0 N–H and O–H groups in total. The summed E-state index contributed by atoms with van der Waals surface area (Å²) in [5.41, 5.74) is -3.18. The Labute approximate surface area is 248 Å². The van der Waals surface area contributed by atoms with E-state index in [1.54, 1.807) is 0 Å². The third-order valence-electron chi connectivity index (χ3n) is 7.95. The van der Waals surface area contributed by atoms with Gasteiger partial charge in [0.05, 0.1) is 31.8 Å². The molecule has 3 nitrogen and oxygen atoms in total. The molecule has 0 spiro atoms. The van der Waals surface area contributed by atoms with Crippen LogP contribution in [0.1, 0.15) is 51.2 Å². The van der Waals surface area contributed by atoms with Crippen LogP contribution in [0.15, 0.2) is 39.8 Å². The summed E-state index contributed by atoms with van der Waals surface area (Å²) >= 11 is 21.5. The van der Waals surface area contributed by atoms with E-state index in [1.165, 1.54) is 12.1 Å². The summed E-state index contributed by atoms with van der Waals surface area (Å²) in [6.07, 6.45) is -3.22. The van der Waals surface area contributed by atoms with Crippen molar-refractivity contribution in [2.45, 2.75) is 57.7 Å². The van der Waals surface area contributed by atoms with Gasteiger partial charge in [-0.25, -0.2) is 4.39 Å². The number of esters is 1. The third-order valence-corrected chi connectivity index (χ3v) is 9.75. The van der Waals surface area contributed by atoms with Crippen molar-refractivity contribution in [2.24, 2.45) is 28.7 Å². The lowest BCUT2D eigenvalue weighted by atomic mass is 9.68. The molecule has 0 saturated heterocycles. The van der Waals surface area contributed by atoms with Gasteiger partial charge in [0.1, 0.15) is 23.3 Å². The van der Waals surface area contributed by atoms with E-state index in [0.29, 0.717) is 6.42 Å². The summed E-state index contributed by atoms with van der Waals surface area (Å²) in [4.78, 5) is 18.3. The molecule has 4 rings (SSSR count). The highest BCUT2D eigenvalue weighted by Crippen LogP contribution is 2.53. The first-order valence-electron chi connectivity index (χ1n) is 12.6. The van der Waals surface area contributed by atoms with Crippen molar-refractivity contribution in [3.63, 3.8) is 0 Å². The fourth-order valence-corrected chi connectivity index (χ4v) is 6.78. The lowest BCUT2D eigenvalue weighted by Gasteiger charge is -2.40. The van der Waals surface area contributed by atoms with Gasteiger partial charge < -0.3 is 4.74 Å². The molecular formula is C28H27BrCl3F4NO2. The molecule has 2 aromatic rings. The van der Waals surface area contributed by atoms with Crippen LogP contribution in [0.2, 0.25) is 15.1 Å². The first-order chi connectivity index (χ1) is 18.2. The van der Waals surface area contributed by atoms with E-state index in [2.05, 4.69) is 20.9 Å². The van der Waals surface area contributed by atoms with Gasteiger partial charge in [0.2, 0.25) is 0 Å². The van der Waals surface area contributed by atoms with Gasteiger partial charge in [0, 0.05) is 0 Å². The third kappa shape index (κ3) is 5.73. The topological polar surface area (TPSA) is 38.7 Å². The highest BCUT2D eigenvalue weighted by atomic mass is 79.9. The number of carbonyl (C=O) groups is 1. The second-order valence-electron chi connectivity index (χ2n) is 10.8. The molecule has 1 heterocycles. The van der Waals surface area contributed by atoms with Crippen LogP contribution in [-0.2, 0) is 14.9 Å². The van der Waals surface area contributed by atoms with Crippen molar-refractivity contribution in [3.8, 4) is 0 Å². The second kappa shape index (κ2) is 11.5. The Morgan fingerprint density at radius 3 is 2.33 bits per heavy atom. The molecule has 0 amide bonds. The number of hydrogen-bond acceptors (Lipinski definition) is 3. The van der Waals surface area contributed by atoms with Gasteiger partial charge in [-0.15, -0.1) is 0 Å². The standard InChI is InChI=1S/C28H27BrCl3F4NO2/c1-13(2)17-6-4-14(3)8-22(17)39-26(38)23-25(15-5-7-21(33)18(29)9-15)37-12-27(23,28(34,35)36)16-10-19(30)24(32)20(31)11-16/h5,7,9-11,13-14,17,22-23H,4,6,8,12H2,1-3H3/t14-,17+,22-,23?,27?/m0/s1. The smallest absolute Gasteiger partial charge is 0.401 e. The van der Waals surface area contributed by atoms with Crippen molar-refractivity contribution in [1.29, 1.82) is 0 Å². The van der Waals surface area contributed by atoms with Gasteiger partial charge in [-0.2, -0.15) is 13.2 Å². The fourth-order valence-electron chi connectivity index (χ4n) is 5.81. The molecular weight excluding hydrogens is 645 g/mol. The second-order valence-corrected chi connectivity index (χ2v) is 12.8. The number of rotatable bonds is 5. The van der Waals surface area contributed by atoms with Crippen molar-refractivity contribution in [1.82, 2.24) is 0 Å². The van der Waals surface area contributed by atoms with E-state index in [-0.39, 0.29) is 54.1 Å². The Morgan fingerprint density at radius 2 is 1.77 bits per heavy atom. The highest BCUT2D eigenvalue weighted by molar-refractivity contribution is 9.10. The SMILES string of the molecule is CC(C)[C@H]1CC[C@H](C)C[C@@H]1OC(=O)C1C(c2ccc(F)c(Br)c2)=NCC1(c1cc(Cl)c(Cl)c(Cl)c1)C(F)(F)F. The Kier molecular flexibility index (Phi) is 9.02. The number of hydrogen-bond donors (Lipinski definition) is 0. The summed E-state index contributed by atoms with van der Waals surface area (Å²) in [7, 11) is 0. The normalized spacial score (nSPS) is 27.5. The molecule has 11 heteroatoms. The predicted octanol–water partition coefficient (Wildman–Crippen LogP) is 9.47. The van der Waals surface area contributed by atoms with Crippen LogP contribution in [0, 0.1) is 29.5 Å². The van der Waals surface area contributed by atoms with Crippen LogP contribution in [0.5, 0.6) is 0 Å². The van der Waals surface area contributed by atoms with E-state index in [9.17, 15) is 9.18 Å². The zero-order chi connectivity index (χ0) is 28.9. The van der Waals surface area contributed by atoms with Crippen molar-refractivity contribution in [3.05, 3.63) is 66.8 Å². The van der Waals surface area contributed by atoms with Crippen LogP contribution in [0.25, 0.3) is 0 Å². The number of nitrogens with zero attached hydrogens (tertiary/aromatic N) is 1. The summed E-state index contributed by atoms with van der Waals surface area (Å²) in [6, 6.07) is 5.85. The summed E-state index contributed by atoms with van der Waals surface area (Å²) in [5.74, 6) is -3.12. The average Bonchev–Trinajstić information content (AvgIpc) is 3.26. The molecule has 2 unspecified atom stereocenters. The van der Waals surface area contributed by atoms with Crippen LogP contribution < -0.4 is 0 Å². The molecule has 1 aliphatic carbocycles. The Hall–Kier alpha value is -1.35. The molecule has 5 atom stereocenters. The largest absolute Gasteiger partial charge is 0.462 e. The zero-order valence-electron chi connectivity index (χ0n) is 21.4. The Morgan fingerprint density at radius 1 is 1.13 bits per heavy atom. The van der Waals surface area contributed by atoms with E-state index in [0.717, 1.165) is 31.0 Å². The van der Waals surface area contributed by atoms with Crippen LogP contribution in [0.3, 0.4) is 0 Å². The maximum atomic E-state index is 15.3. The van der Waals surface area contributed by atoms with Gasteiger partial charge in [0.25, 0.3) is 0 Å². The Bertz CT molecular complexity index is 1280. The number of ether oxygens (including phenoxy) is 1. The van der Waals surface area contributed by atoms with Gasteiger partial charge >= 0.3 is 12.1 Å². The summed E-state index contributed by atoms with van der Waals surface area (Å²) in [5, 5.41) is -0.473. The van der Waals surface area contributed by atoms with Crippen LogP contribution in [-0.4, -0.2) is 30.5 Å². The molecule has 39 heavy (non-hydrogen) atoms. The number of carbonyl (C=O) groups excluding carboxylic acids is 1. The maximum absolute atomic E-state index is 15.3. The van der Waals surface area contributed by atoms with Crippen molar-refractivity contribution >= 4 is 62.4 Å². The molecule has 1 aliphatic heterocycles. The molecule has 2 aliphatic rings. The van der Waals surface area contributed by atoms with Gasteiger partial charge in [-0.3, -0.25) is 9.79 Å². The molecule has 2 aromatic carbocycles. The predicted molar refractivity (Wildman–Crippen MR) is 149 cm³/mol. The molecule has 1 fully saturated rings. The van der Waals surface area contributed by atoms with Gasteiger partial charge in [0.15, 0.2) is 0 Å². The van der Waals surface area contributed by atoms with E-state index < -0.39 is 41.9 Å². The van der Waals surface area contributed by atoms with Crippen LogP contribution >= 0.6 is 50.7 Å². The van der Waals surface area contributed by atoms with Gasteiger partial charge in [-0.05, 0) is 81.9 Å². The number of halogens is 8. The molecule has 1 saturated carbocycles. The maximum Gasteiger partial charge on any atom is 0.401 e. The van der Waals surface area contributed by atoms with Crippen molar-refractivity contribution < 1.29 is 27.1 Å².